The van der Waals surface area contributed by atoms with Crippen molar-refractivity contribution in [2.24, 2.45) is 0 Å². The maximum Gasteiger partial charge on any atom is 0.240 e. The van der Waals surface area contributed by atoms with Gasteiger partial charge in [0.2, 0.25) is 11.1 Å². The molecule has 27 heavy (non-hydrogen) atoms. The lowest BCUT2D eigenvalue weighted by Crippen LogP contribution is -2.41. The molecule has 6 nitrogen and oxygen atoms in total. The number of anilines is 1. The highest BCUT2D eigenvalue weighted by Gasteiger charge is 2.37. The van der Waals surface area contributed by atoms with Crippen LogP contribution in [-0.2, 0) is 11.2 Å². The number of carbonyl (C=O) groups is 1. The molecule has 0 bridgehead atoms. The first-order valence-corrected chi connectivity index (χ1v) is 9.92. The van der Waals surface area contributed by atoms with Crippen molar-refractivity contribution in [1.82, 2.24) is 14.9 Å². The fourth-order valence-corrected chi connectivity index (χ4v) is 4.23. The Morgan fingerprint density at radius 1 is 1.11 bits per heavy atom. The topological polar surface area (TPSA) is 71.8 Å². The standard InChI is InChI=1S/C20H21N5OS/c1-2-9-16-22-23-20-25(16)24-17(14-10-5-3-6-11-14)18(27-20)19(26)21-15-12-7-4-8-13-15/h3-8,10-13,17-18,24H,2,9H2,1H3,(H,21,26)/t17-,18-/m0/s1. The Morgan fingerprint density at radius 2 is 1.81 bits per heavy atom. The fourth-order valence-electron chi connectivity index (χ4n) is 3.13. The van der Waals surface area contributed by atoms with E-state index < -0.39 is 0 Å². The molecule has 3 aromatic rings. The second-order valence-electron chi connectivity index (χ2n) is 6.40. The third-order valence-electron chi connectivity index (χ3n) is 4.44. The van der Waals surface area contributed by atoms with Gasteiger partial charge in [-0.1, -0.05) is 67.2 Å². The summed E-state index contributed by atoms with van der Waals surface area (Å²) < 4.78 is 1.93. The van der Waals surface area contributed by atoms with E-state index in [2.05, 4.69) is 27.9 Å². The molecule has 0 aliphatic carbocycles. The predicted molar refractivity (Wildman–Crippen MR) is 107 cm³/mol. The Bertz CT molecular complexity index is 913. The number of fused-ring (bicyclic) bond motifs is 1. The van der Waals surface area contributed by atoms with Crippen LogP contribution < -0.4 is 10.7 Å². The Kier molecular flexibility index (Phi) is 5.11. The van der Waals surface area contributed by atoms with Crippen molar-refractivity contribution in [1.29, 1.82) is 0 Å². The number of hydrogen-bond donors (Lipinski definition) is 2. The van der Waals surface area contributed by atoms with Gasteiger partial charge in [0.15, 0.2) is 5.82 Å². The zero-order chi connectivity index (χ0) is 18.6. The minimum atomic E-state index is -0.362. The van der Waals surface area contributed by atoms with Crippen molar-refractivity contribution in [3.05, 3.63) is 72.1 Å². The summed E-state index contributed by atoms with van der Waals surface area (Å²) in [5.41, 5.74) is 5.31. The molecule has 1 amide bonds. The van der Waals surface area contributed by atoms with Gasteiger partial charge >= 0.3 is 0 Å². The summed E-state index contributed by atoms with van der Waals surface area (Å²) in [6.45, 7) is 2.11. The molecule has 1 aliphatic rings. The molecule has 0 saturated heterocycles. The van der Waals surface area contributed by atoms with Crippen LogP contribution in [0.5, 0.6) is 0 Å². The maximum absolute atomic E-state index is 13.1. The van der Waals surface area contributed by atoms with Crippen LogP contribution in [0.4, 0.5) is 5.69 Å². The summed E-state index contributed by atoms with van der Waals surface area (Å²) in [7, 11) is 0. The van der Waals surface area contributed by atoms with Gasteiger partial charge in [-0.15, -0.1) is 10.2 Å². The monoisotopic (exact) mass is 379 g/mol. The molecule has 2 aromatic carbocycles. The largest absolute Gasteiger partial charge is 0.325 e. The van der Waals surface area contributed by atoms with Crippen molar-refractivity contribution in [3.8, 4) is 0 Å². The van der Waals surface area contributed by atoms with E-state index >= 15 is 0 Å². The number of nitrogens with one attached hydrogen (secondary N) is 2. The van der Waals surface area contributed by atoms with Crippen molar-refractivity contribution >= 4 is 23.4 Å². The smallest absolute Gasteiger partial charge is 0.240 e. The highest BCUT2D eigenvalue weighted by Crippen LogP contribution is 2.37. The number of hydrogen-bond acceptors (Lipinski definition) is 5. The number of rotatable bonds is 5. The molecule has 0 spiro atoms. The number of carbonyl (C=O) groups excluding carboxylic acids is 1. The fraction of sp³-hybridized carbons (Fsp3) is 0.250. The number of benzene rings is 2. The van der Waals surface area contributed by atoms with Gasteiger partial charge in [0.25, 0.3) is 0 Å². The normalized spacial score (nSPS) is 18.4. The van der Waals surface area contributed by atoms with Crippen LogP contribution in [0.25, 0.3) is 0 Å². The van der Waals surface area contributed by atoms with Gasteiger partial charge in [-0.2, -0.15) is 0 Å². The van der Waals surface area contributed by atoms with Crippen molar-refractivity contribution in [2.75, 3.05) is 10.7 Å². The third kappa shape index (κ3) is 3.68. The molecule has 2 heterocycles. The van der Waals surface area contributed by atoms with Gasteiger partial charge < -0.3 is 10.7 Å². The van der Waals surface area contributed by atoms with E-state index in [4.69, 9.17) is 0 Å². The van der Waals surface area contributed by atoms with Gasteiger partial charge in [-0.05, 0) is 24.1 Å². The summed E-state index contributed by atoms with van der Waals surface area (Å²) in [6.07, 6.45) is 1.82. The molecule has 2 N–H and O–H groups in total. The lowest BCUT2D eigenvalue weighted by molar-refractivity contribution is -0.116. The Balaban J connectivity index is 1.66. The predicted octanol–water partition coefficient (Wildman–Crippen LogP) is 3.63. The molecule has 0 fully saturated rings. The van der Waals surface area contributed by atoms with E-state index in [1.54, 1.807) is 0 Å². The van der Waals surface area contributed by atoms with Crippen molar-refractivity contribution in [3.63, 3.8) is 0 Å². The van der Waals surface area contributed by atoms with Crippen LogP contribution in [0, 0.1) is 0 Å². The van der Waals surface area contributed by atoms with Crippen molar-refractivity contribution in [2.45, 2.75) is 36.2 Å². The summed E-state index contributed by atoms with van der Waals surface area (Å²) in [5.74, 6) is 0.835. The molecular weight excluding hydrogens is 358 g/mol. The minimum Gasteiger partial charge on any atom is -0.325 e. The number of nitrogens with zero attached hydrogens (tertiary/aromatic N) is 3. The first-order chi connectivity index (χ1) is 13.3. The van der Waals surface area contributed by atoms with Gasteiger partial charge in [-0.25, -0.2) is 4.68 Å². The molecule has 0 unspecified atom stereocenters. The number of para-hydroxylation sites is 1. The maximum atomic E-state index is 13.1. The molecule has 0 saturated carbocycles. The van der Waals surface area contributed by atoms with Crippen LogP contribution in [0.15, 0.2) is 65.8 Å². The number of aromatic nitrogens is 3. The van der Waals surface area contributed by atoms with Crippen LogP contribution >= 0.6 is 11.8 Å². The molecule has 4 rings (SSSR count). The molecule has 2 atom stereocenters. The SMILES string of the molecule is CCCc1nnc2n1N[C@@H](c1ccccc1)[C@@H](C(=O)Nc1ccccc1)S2. The summed E-state index contributed by atoms with van der Waals surface area (Å²) in [4.78, 5) is 13.1. The highest BCUT2D eigenvalue weighted by atomic mass is 32.2. The lowest BCUT2D eigenvalue weighted by atomic mass is 10.0. The van der Waals surface area contributed by atoms with Crippen LogP contribution in [0.1, 0.15) is 30.8 Å². The van der Waals surface area contributed by atoms with Crippen LogP contribution in [-0.4, -0.2) is 26.0 Å². The van der Waals surface area contributed by atoms with E-state index in [9.17, 15) is 4.79 Å². The minimum absolute atomic E-state index is 0.0566. The zero-order valence-corrected chi connectivity index (χ0v) is 15.8. The average molecular weight is 379 g/mol. The van der Waals surface area contributed by atoms with Crippen LogP contribution in [0.3, 0.4) is 0 Å². The summed E-state index contributed by atoms with van der Waals surface area (Å²) in [5, 5.41) is 11.9. The van der Waals surface area contributed by atoms with Crippen molar-refractivity contribution < 1.29 is 4.79 Å². The highest BCUT2D eigenvalue weighted by molar-refractivity contribution is 8.00. The van der Waals surface area contributed by atoms with E-state index in [0.717, 1.165) is 35.1 Å². The second kappa shape index (κ2) is 7.84. The molecular formula is C20H21N5OS. The Morgan fingerprint density at radius 3 is 2.52 bits per heavy atom. The van der Waals surface area contributed by atoms with E-state index in [-0.39, 0.29) is 17.2 Å². The first-order valence-electron chi connectivity index (χ1n) is 9.04. The first kappa shape index (κ1) is 17.6. The lowest BCUT2D eigenvalue weighted by Gasteiger charge is -2.33. The van der Waals surface area contributed by atoms with Gasteiger partial charge in [0, 0.05) is 12.1 Å². The van der Waals surface area contributed by atoms with Crippen LogP contribution in [0.2, 0.25) is 0 Å². The third-order valence-corrected chi connectivity index (χ3v) is 5.65. The Hall–Kier alpha value is -2.80. The number of aryl methyl sites for hydroxylation is 1. The van der Waals surface area contributed by atoms with E-state index in [1.807, 2.05) is 65.3 Å². The van der Waals surface area contributed by atoms with Gasteiger partial charge in [-0.3, -0.25) is 4.79 Å². The van der Waals surface area contributed by atoms with E-state index in [1.165, 1.54) is 11.8 Å². The number of thioether (sulfide) groups is 1. The zero-order valence-electron chi connectivity index (χ0n) is 15.0. The average Bonchev–Trinajstić information content (AvgIpc) is 3.11. The Labute approximate surface area is 162 Å². The molecule has 1 aliphatic heterocycles. The number of amides is 1. The second-order valence-corrected chi connectivity index (χ2v) is 7.50. The molecule has 1 aromatic heterocycles. The van der Waals surface area contributed by atoms with E-state index in [0.29, 0.717) is 0 Å². The molecule has 0 radical (unpaired) electrons. The summed E-state index contributed by atoms with van der Waals surface area (Å²) in [6, 6.07) is 19.4. The molecule has 7 heteroatoms. The quantitative estimate of drug-likeness (QED) is 0.708. The summed E-state index contributed by atoms with van der Waals surface area (Å²) >= 11 is 1.45. The van der Waals surface area contributed by atoms with Gasteiger partial charge in [0.05, 0.1) is 6.04 Å². The van der Waals surface area contributed by atoms with Gasteiger partial charge in [0.1, 0.15) is 5.25 Å². The molecule has 138 valence electrons.